The van der Waals surface area contributed by atoms with Crippen LogP contribution < -0.4 is 0 Å². The van der Waals surface area contributed by atoms with Crippen LogP contribution >= 0.6 is 0 Å². The second-order valence-corrected chi connectivity index (χ2v) is 8.61. The molecule has 0 aliphatic rings. The van der Waals surface area contributed by atoms with Crippen molar-refractivity contribution in [2.75, 3.05) is 65.6 Å². The summed E-state index contributed by atoms with van der Waals surface area (Å²) in [5.74, 6) is 0. The fourth-order valence-electron chi connectivity index (χ4n) is 3.56. The van der Waals surface area contributed by atoms with E-state index in [1.165, 1.54) is 12.2 Å². The zero-order valence-corrected chi connectivity index (χ0v) is 25.2. The van der Waals surface area contributed by atoms with Crippen LogP contribution in [0.25, 0.3) is 0 Å². The minimum Gasteiger partial charge on any atom is -0.430 e. The average Bonchev–Trinajstić information content (AvgIpc) is 2.92. The molecule has 9 nitrogen and oxygen atoms in total. The van der Waals surface area contributed by atoms with Crippen molar-refractivity contribution in [3.05, 3.63) is 127 Å². The summed E-state index contributed by atoms with van der Waals surface area (Å²) in [5.41, 5.74) is 0. The lowest BCUT2D eigenvalue weighted by molar-refractivity contribution is -0.906. The van der Waals surface area contributed by atoms with Crippen molar-refractivity contribution >= 4 is 18.5 Å². The van der Waals surface area contributed by atoms with Gasteiger partial charge in [0, 0.05) is 0 Å². The van der Waals surface area contributed by atoms with Crippen LogP contribution in [-0.4, -0.2) is 93.0 Å². The van der Waals surface area contributed by atoms with E-state index in [2.05, 4.69) is 84.7 Å². The Morgan fingerprint density at radius 3 is 0.762 bits per heavy atom. The molecule has 9 heteroatoms. The van der Waals surface area contributed by atoms with Gasteiger partial charge in [-0.2, -0.15) is 0 Å². The van der Waals surface area contributed by atoms with E-state index in [9.17, 15) is 14.4 Å². The third kappa shape index (κ3) is 22.4. The third-order valence-corrected chi connectivity index (χ3v) is 5.10. The van der Waals surface area contributed by atoms with E-state index in [0.29, 0.717) is 0 Å². The number of carbonyl (C=O) groups is 3. The van der Waals surface area contributed by atoms with Crippen LogP contribution in [0.15, 0.2) is 127 Å². The van der Waals surface area contributed by atoms with E-state index >= 15 is 0 Å². The van der Waals surface area contributed by atoms with E-state index in [0.717, 1.165) is 61.3 Å². The maximum Gasteiger partial charge on any atom is 0.528 e. The second kappa shape index (κ2) is 28.1. The highest BCUT2D eigenvalue weighted by Crippen LogP contribution is 2.08. The van der Waals surface area contributed by atoms with Crippen LogP contribution in [0.1, 0.15) is 0 Å². The number of nitrogens with zero attached hydrogens (tertiary/aromatic N) is 2. The fraction of sp³-hybridized carbons (Fsp3) is 0.303. The number of rotatable bonds is 20. The van der Waals surface area contributed by atoms with Crippen molar-refractivity contribution in [1.82, 2.24) is 0 Å². The molecule has 0 heterocycles. The molecule has 0 N–H and O–H groups in total. The average molecular weight is 587 g/mol. The van der Waals surface area contributed by atoms with Gasteiger partial charge in [-0.25, -0.2) is 14.4 Å². The first-order valence-corrected chi connectivity index (χ1v) is 13.1. The predicted octanol–water partition coefficient (Wildman–Crippen LogP) is 6.88. The molecule has 0 aromatic heterocycles. The lowest BCUT2D eigenvalue weighted by atomic mass is 10.3. The van der Waals surface area contributed by atoms with Crippen molar-refractivity contribution in [3.63, 3.8) is 0 Å². The standard InChI is InChI=1S/2C12H20N.C9H10O7/c2*1-5-9-13(10-6-2,11-7-3)12-8-4;1-3-5-13-7(10)15-9(12)16-8(11)14-6-4-2/h2*5-8H,1-4,9-12H2;3-4H,1-2,5-6H2/q2*+1;. The Kier molecular flexibility index (Phi) is 28.1. The quantitative estimate of drug-likeness (QED) is 0.0665. The summed E-state index contributed by atoms with van der Waals surface area (Å²) in [7, 11) is 0. The maximum absolute atomic E-state index is 10.7. The molecule has 0 amide bonds. The number of carbonyl (C=O) groups excluding carboxylic acids is 3. The van der Waals surface area contributed by atoms with Crippen molar-refractivity contribution in [3.8, 4) is 0 Å². The molecule has 0 rings (SSSR count). The van der Waals surface area contributed by atoms with Gasteiger partial charge in [0.05, 0.1) is 52.4 Å². The smallest absolute Gasteiger partial charge is 0.430 e. The van der Waals surface area contributed by atoms with Crippen LogP contribution in [0.4, 0.5) is 14.4 Å². The first kappa shape index (κ1) is 42.0. The van der Waals surface area contributed by atoms with Gasteiger partial charge in [0.2, 0.25) is 0 Å². The van der Waals surface area contributed by atoms with E-state index in [1.54, 1.807) is 0 Å². The first-order valence-electron chi connectivity index (χ1n) is 13.1. The van der Waals surface area contributed by atoms with Crippen molar-refractivity contribution in [2.45, 2.75) is 0 Å². The van der Waals surface area contributed by atoms with Gasteiger partial charge in [0.1, 0.15) is 13.2 Å². The van der Waals surface area contributed by atoms with Crippen molar-refractivity contribution in [2.24, 2.45) is 0 Å². The van der Waals surface area contributed by atoms with Crippen LogP contribution in [0.5, 0.6) is 0 Å². The summed E-state index contributed by atoms with van der Waals surface area (Å²) in [6.45, 7) is 43.9. The molecule has 0 saturated heterocycles. The highest BCUT2D eigenvalue weighted by molar-refractivity contribution is 5.83. The minimum atomic E-state index is -1.54. The lowest BCUT2D eigenvalue weighted by Crippen LogP contribution is -2.48. The van der Waals surface area contributed by atoms with Gasteiger partial charge in [-0.3, -0.25) is 0 Å². The molecule has 0 aromatic rings. The molecular weight excluding hydrogens is 536 g/mol. The minimum absolute atomic E-state index is 0.132. The molecule has 0 saturated carbocycles. The predicted molar refractivity (Wildman–Crippen MR) is 172 cm³/mol. The van der Waals surface area contributed by atoms with E-state index < -0.39 is 18.5 Å². The van der Waals surface area contributed by atoms with Crippen molar-refractivity contribution in [1.29, 1.82) is 0 Å². The zero-order valence-electron chi connectivity index (χ0n) is 25.2. The summed E-state index contributed by atoms with van der Waals surface area (Å²) < 4.78 is 18.2. The molecule has 0 spiro atoms. The van der Waals surface area contributed by atoms with E-state index in [4.69, 9.17) is 0 Å². The summed E-state index contributed by atoms with van der Waals surface area (Å²) >= 11 is 0. The Labute approximate surface area is 252 Å². The number of quaternary nitrogens is 2. The molecular formula is C33H50N2O7+2. The Morgan fingerprint density at radius 2 is 0.595 bits per heavy atom. The summed E-state index contributed by atoms with van der Waals surface area (Å²) in [4.78, 5) is 32.0. The number of hydrogen-bond donors (Lipinski definition) is 0. The number of ether oxygens (including phenoxy) is 4. The van der Waals surface area contributed by atoms with Crippen LogP contribution in [-0.2, 0) is 18.9 Å². The Bertz CT molecular complexity index is 758. The van der Waals surface area contributed by atoms with Gasteiger partial charge in [-0.15, -0.1) is 0 Å². The molecule has 0 atom stereocenters. The van der Waals surface area contributed by atoms with Crippen molar-refractivity contribution < 1.29 is 42.3 Å². The molecule has 42 heavy (non-hydrogen) atoms. The van der Waals surface area contributed by atoms with Crippen LogP contribution in [0.3, 0.4) is 0 Å². The lowest BCUT2D eigenvalue weighted by Gasteiger charge is -2.35. The summed E-state index contributed by atoms with van der Waals surface area (Å²) in [6, 6.07) is 0. The van der Waals surface area contributed by atoms with Crippen LogP contribution in [0, 0.1) is 0 Å². The zero-order chi connectivity index (χ0) is 32.7. The highest BCUT2D eigenvalue weighted by Gasteiger charge is 2.21. The fourth-order valence-corrected chi connectivity index (χ4v) is 3.56. The summed E-state index contributed by atoms with van der Waals surface area (Å²) in [6.07, 6.45) is 13.9. The largest absolute Gasteiger partial charge is 0.528 e. The SMILES string of the molecule is C=CCOC(=O)OC(=O)OC(=O)OCC=C.C=CC[N+](CC=C)(CC=C)CC=C.C=CC[N+](CC=C)(CC=C)CC=C. The molecule has 0 bridgehead atoms. The third-order valence-electron chi connectivity index (χ3n) is 5.10. The molecule has 0 aliphatic carbocycles. The van der Waals surface area contributed by atoms with Gasteiger partial charge < -0.3 is 27.9 Å². The number of hydrogen-bond acceptors (Lipinski definition) is 7. The van der Waals surface area contributed by atoms with Gasteiger partial charge in [-0.1, -0.05) is 77.9 Å². The van der Waals surface area contributed by atoms with Gasteiger partial charge in [-0.05, 0) is 48.6 Å². The Balaban J connectivity index is -0.000000548. The molecule has 0 unspecified atom stereocenters. The van der Waals surface area contributed by atoms with Crippen LogP contribution in [0.2, 0.25) is 0 Å². The van der Waals surface area contributed by atoms with Gasteiger partial charge in [0.25, 0.3) is 0 Å². The Morgan fingerprint density at radius 1 is 0.381 bits per heavy atom. The normalized spacial score (nSPS) is 9.71. The molecule has 0 fully saturated rings. The molecule has 0 aromatic carbocycles. The van der Waals surface area contributed by atoms with Gasteiger partial charge in [0.15, 0.2) is 0 Å². The highest BCUT2D eigenvalue weighted by atomic mass is 16.9. The van der Waals surface area contributed by atoms with E-state index in [-0.39, 0.29) is 13.2 Å². The van der Waals surface area contributed by atoms with E-state index in [1.807, 2.05) is 48.6 Å². The molecule has 232 valence electrons. The Hall–Kier alpha value is -4.47. The maximum atomic E-state index is 10.7. The van der Waals surface area contributed by atoms with Gasteiger partial charge >= 0.3 is 18.5 Å². The first-order chi connectivity index (χ1) is 20.1. The molecule has 0 radical (unpaired) electrons. The second-order valence-electron chi connectivity index (χ2n) is 8.61. The molecule has 0 aliphatic heterocycles. The topological polar surface area (TPSA) is 88.1 Å². The summed E-state index contributed by atoms with van der Waals surface area (Å²) in [5, 5.41) is 0. The monoisotopic (exact) mass is 586 g/mol.